The van der Waals surface area contributed by atoms with Gasteiger partial charge in [0.1, 0.15) is 5.75 Å². The van der Waals surface area contributed by atoms with E-state index in [9.17, 15) is 18.0 Å². The van der Waals surface area contributed by atoms with E-state index in [2.05, 4.69) is 27.8 Å². The molecule has 37 heavy (non-hydrogen) atoms. The van der Waals surface area contributed by atoms with Crippen molar-refractivity contribution in [1.82, 2.24) is 9.88 Å². The highest BCUT2D eigenvalue weighted by Gasteiger charge is 2.32. The zero-order valence-electron chi connectivity index (χ0n) is 21.3. The van der Waals surface area contributed by atoms with Gasteiger partial charge in [0, 0.05) is 32.2 Å². The van der Waals surface area contributed by atoms with E-state index in [1.165, 1.54) is 23.5 Å². The van der Waals surface area contributed by atoms with Crippen molar-refractivity contribution in [2.75, 3.05) is 37.7 Å². The summed E-state index contributed by atoms with van der Waals surface area (Å²) in [6.07, 6.45) is -2.35. The molecule has 10 heteroatoms. The van der Waals surface area contributed by atoms with Crippen LogP contribution < -0.4 is 9.64 Å². The summed E-state index contributed by atoms with van der Waals surface area (Å²) < 4.78 is 50.6. The standard InChI is InChI=1S/C27H32F3N3O3S/c1-4-6-21-16-33(26-31-23-8-7-20(27(28,29)30)14-24(23)37-26)10-9-32(21)15-19-11-18(3)12-22(13-19)36-17-25(34)35-5-2/h7-8,11-14,21H,4-6,9-10,15-17H2,1-3H3/t21-/m0/s1. The number of esters is 1. The highest BCUT2D eigenvalue weighted by atomic mass is 32.1. The molecule has 1 aliphatic rings. The second-order valence-electron chi connectivity index (χ2n) is 9.28. The Kier molecular flexibility index (Phi) is 8.59. The van der Waals surface area contributed by atoms with Crippen molar-refractivity contribution in [2.24, 2.45) is 0 Å². The normalized spacial score (nSPS) is 16.8. The summed E-state index contributed by atoms with van der Waals surface area (Å²) >= 11 is 1.32. The van der Waals surface area contributed by atoms with E-state index in [0.717, 1.165) is 61.3 Å². The third-order valence-electron chi connectivity index (χ3n) is 6.36. The first-order valence-electron chi connectivity index (χ1n) is 12.5. The molecular weight excluding hydrogens is 503 g/mol. The topological polar surface area (TPSA) is 54.9 Å². The SMILES string of the molecule is CCC[C@H]1CN(c2nc3ccc(C(F)(F)F)cc3s2)CCN1Cc1cc(C)cc(OCC(=O)OCC)c1. The van der Waals surface area contributed by atoms with E-state index < -0.39 is 17.7 Å². The third-order valence-corrected chi connectivity index (χ3v) is 7.44. The number of carbonyl (C=O) groups excluding carboxylic acids is 1. The Labute approximate surface area is 219 Å². The van der Waals surface area contributed by atoms with Crippen molar-refractivity contribution in [3.63, 3.8) is 0 Å². The smallest absolute Gasteiger partial charge is 0.416 e. The maximum Gasteiger partial charge on any atom is 0.416 e. The lowest BCUT2D eigenvalue weighted by Gasteiger charge is -2.41. The van der Waals surface area contributed by atoms with E-state index in [-0.39, 0.29) is 12.6 Å². The van der Waals surface area contributed by atoms with Gasteiger partial charge in [0.05, 0.1) is 22.4 Å². The molecule has 1 atom stereocenters. The third kappa shape index (κ3) is 6.93. The Morgan fingerprint density at radius 3 is 2.70 bits per heavy atom. The molecule has 0 saturated carbocycles. The monoisotopic (exact) mass is 535 g/mol. The van der Waals surface area contributed by atoms with Crippen molar-refractivity contribution >= 4 is 32.7 Å². The summed E-state index contributed by atoms with van der Waals surface area (Å²) in [4.78, 5) is 20.9. The van der Waals surface area contributed by atoms with E-state index in [4.69, 9.17) is 9.47 Å². The molecule has 4 rings (SSSR count). The molecule has 0 unspecified atom stereocenters. The van der Waals surface area contributed by atoms with Crippen LogP contribution in [0.3, 0.4) is 0 Å². The zero-order valence-corrected chi connectivity index (χ0v) is 22.1. The number of aryl methyl sites for hydroxylation is 1. The van der Waals surface area contributed by atoms with Crippen LogP contribution in [0.15, 0.2) is 36.4 Å². The molecule has 1 aromatic heterocycles. The highest BCUT2D eigenvalue weighted by Crippen LogP contribution is 2.36. The zero-order chi connectivity index (χ0) is 26.6. The largest absolute Gasteiger partial charge is 0.482 e. The number of nitrogens with zero attached hydrogens (tertiary/aromatic N) is 3. The molecule has 0 N–H and O–H groups in total. The van der Waals surface area contributed by atoms with Gasteiger partial charge in [0.2, 0.25) is 0 Å². The number of alkyl halides is 3. The van der Waals surface area contributed by atoms with Crippen LogP contribution in [0, 0.1) is 6.92 Å². The van der Waals surface area contributed by atoms with Crippen LogP contribution in [0.1, 0.15) is 43.4 Å². The van der Waals surface area contributed by atoms with Crippen LogP contribution in [-0.2, 0) is 22.3 Å². The lowest BCUT2D eigenvalue weighted by Crippen LogP contribution is -2.52. The second kappa shape index (κ2) is 11.7. The molecule has 0 bridgehead atoms. The first-order valence-corrected chi connectivity index (χ1v) is 13.3. The lowest BCUT2D eigenvalue weighted by atomic mass is 10.0. The van der Waals surface area contributed by atoms with Gasteiger partial charge < -0.3 is 14.4 Å². The van der Waals surface area contributed by atoms with Gasteiger partial charge in [-0.3, -0.25) is 4.90 Å². The van der Waals surface area contributed by atoms with E-state index >= 15 is 0 Å². The summed E-state index contributed by atoms with van der Waals surface area (Å²) in [7, 11) is 0. The van der Waals surface area contributed by atoms with Gasteiger partial charge >= 0.3 is 12.1 Å². The summed E-state index contributed by atoms with van der Waals surface area (Å²) in [5.41, 5.74) is 2.10. The minimum absolute atomic E-state index is 0.125. The van der Waals surface area contributed by atoms with Gasteiger partial charge in [-0.1, -0.05) is 30.7 Å². The van der Waals surface area contributed by atoms with Crippen molar-refractivity contribution in [2.45, 2.75) is 52.4 Å². The van der Waals surface area contributed by atoms with Gasteiger partial charge in [0.25, 0.3) is 0 Å². The first kappa shape index (κ1) is 27.2. The molecule has 6 nitrogen and oxygen atoms in total. The number of anilines is 1. The Hall–Kier alpha value is -2.85. The van der Waals surface area contributed by atoms with Crippen LogP contribution in [0.4, 0.5) is 18.3 Å². The van der Waals surface area contributed by atoms with E-state index in [1.54, 1.807) is 6.92 Å². The number of carbonyl (C=O) groups is 1. The van der Waals surface area contributed by atoms with Crippen LogP contribution >= 0.6 is 11.3 Å². The molecule has 0 spiro atoms. The Balaban J connectivity index is 1.46. The van der Waals surface area contributed by atoms with Crippen molar-refractivity contribution in [1.29, 1.82) is 0 Å². The number of hydrogen-bond donors (Lipinski definition) is 0. The number of fused-ring (bicyclic) bond motifs is 1. The number of aromatic nitrogens is 1. The van der Waals surface area contributed by atoms with Crippen LogP contribution in [0.5, 0.6) is 5.75 Å². The molecule has 1 aliphatic heterocycles. The molecule has 0 radical (unpaired) electrons. The lowest BCUT2D eigenvalue weighted by molar-refractivity contribution is -0.145. The first-order chi connectivity index (χ1) is 17.7. The van der Waals surface area contributed by atoms with E-state index in [0.29, 0.717) is 22.6 Å². The molecule has 2 aromatic carbocycles. The summed E-state index contributed by atoms with van der Waals surface area (Å²) in [6, 6.07) is 10.0. The quantitative estimate of drug-likeness (QED) is 0.311. The summed E-state index contributed by atoms with van der Waals surface area (Å²) in [5, 5.41) is 0.764. The molecule has 1 fully saturated rings. The van der Waals surface area contributed by atoms with Gasteiger partial charge in [-0.05, 0) is 61.7 Å². The molecular formula is C27H32F3N3O3S. The number of rotatable bonds is 9. The average molecular weight is 536 g/mol. The summed E-state index contributed by atoms with van der Waals surface area (Å²) in [5.74, 6) is 0.246. The molecule has 2 heterocycles. The number of piperazine rings is 1. The minimum Gasteiger partial charge on any atom is -0.482 e. The van der Waals surface area contributed by atoms with E-state index in [1.807, 2.05) is 19.1 Å². The number of ether oxygens (including phenoxy) is 2. The molecule has 0 aliphatic carbocycles. The maximum absolute atomic E-state index is 13.1. The molecule has 3 aromatic rings. The van der Waals surface area contributed by atoms with Crippen molar-refractivity contribution in [3.05, 3.63) is 53.1 Å². The van der Waals surface area contributed by atoms with Crippen LogP contribution in [-0.4, -0.2) is 54.7 Å². The fourth-order valence-electron chi connectivity index (χ4n) is 4.68. The van der Waals surface area contributed by atoms with Gasteiger partial charge in [0.15, 0.2) is 11.7 Å². The second-order valence-corrected chi connectivity index (χ2v) is 10.3. The minimum atomic E-state index is -4.37. The van der Waals surface area contributed by atoms with Crippen molar-refractivity contribution in [3.8, 4) is 5.75 Å². The fraction of sp³-hybridized carbons (Fsp3) is 0.481. The predicted octanol–water partition coefficient (Wildman–Crippen LogP) is 6.06. The fourth-order valence-corrected chi connectivity index (χ4v) is 5.72. The molecule has 0 amide bonds. The van der Waals surface area contributed by atoms with Gasteiger partial charge in [-0.25, -0.2) is 9.78 Å². The summed E-state index contributed by atoms with van der Waals surface area (Å²) in [6.45, 7) is 9.16. The van der Waals surface area contributed by atoms with Crippen molar-refractivity contribution < 1.29 is 27.4 Å². The maximum atomic E-state index is 13.1. The van der Waals surface area contributed by atoms with Gasteiger partial charge in [-0.15, -0.1) is 0 Å². The number of halogens is 3. The number of benzene rings is 2. The molecule has 1 saturated heterocycles. The average Bonchev–Trinajstić information content (AvgIpc) is 3.27. The molecule has 200 valence electrons. The van der Waals surface area contributed by atoms with Crippen LogP contribution in [0.25, 0.3) is 10.2 Å². The Bertz CT molecular complexity index is 1230. The Morgan fingerprint density at radius 2 is 1.97 bits per heavy atom. The predicted molar refractivity (Wildman–Crippen MR) is 139 cm³/mol. The van der Waals surface area contributed by atoms with Crippen LogP contribution in [0.2, 0.25) is 0 Å². The number of hydrogen-bond acceptors (Lipinski definition) is 7. The number of thiazole rings is 1. The van der Waals surface area contributed by atoms with Gasteiger partial charge in [-0.2, -0.15) is 13.2 Å². The highest BCUT2D eigenvalue weighted by molar-refractivity contribution is 7.22. The Morgan fingerprint density at radius 1 is 1.16 bits per heavy atom.